The number of hydrogen-bond acceptors (Lipinski definition) is 2. The van der Waals surface area contributed by atoms with Crippen LogP contribution in [0.4, 0.5) is 0 Å². The van der Waals surface area contributed by atoms with Crippen LogP contribution in [0.3, 0.4) is 0 Å². The molecule has 0 aliphatic rings. The highest BCUT2D eigenvalue weighted by Crippen LogP contribution is 2.44. The summed E-state index contributed by atoms with van der Waals surface area (Å²) in [6.45, 7) is 0. The summed E-state index contributed by atoms with van der Waals surface area (Å²) < 4.78 is 90.8. The second kappa shape index (κ2) is 9.32. The lowest BCUT2D eigenvalue weighted by Gasteiger charge is -2.14. The van der Waals surface area contributed by atoms with E-state index in [9.17, 15) is 5.48 Å². The lowest BCUT2D eigenvalue weighted by atomic mass is 9.95. The number of hydrogen-bond donors (Lipinski definition) is 0. The van der Waals surface area contributed by atoms with E-state index in [-0.39, 0.29) is 68.5 Å². The van der Waals surface area contributed by atoms with Crippen LogP contribution in [0.5, 0.6) is 0 Å². The maximum Gasteiger partial charge on any atom is 0.136 e. The van der Waals surface area contributed by atoms with Gasteiger partial charge in [0.05, 0.1) is 23.4 Å². The van der Waals surface area contributed by atoms with Crippen LogP contribution in [0.2, 0.25) is 0 Å². The fourth-order valence-electron chi connectivity index (χ4n) is 7.14. The first kappa shape index (κ1) is 18.3. The molecule has 0 radical (unpaired) electrons. The average molecular weight is 625 g/mol. The molecule has 0 spiro atoms. The molecule has 0 fully saturated rings. The summed E-state index contributed by atoms with van der Waals surface area (Å²) in [7, 11) is 0. The van der Waals surface area contributed by atoms with Crippen molar-refractivity contribution in [3.05, 3.63) is 151 Å². The molecule has 218 valence electrons. The molecule has 0 atom stereocenters. The second-order valence-electron chi connectivity index (χ2n) is 11.8. The normalized spacial score (nSPS) is 14.9. The Balaban J connectivity index is 1.26. The van der Waals surface area contributed by atoms with Gasteiger partial charge in [-0.3, -0.25) is 0 Å². The van der Waals surface area contributed by atoms with Crippen LogP contribution < -0.4 is 0 Å². The zero-order valence-corrected chi connectivity index (χ0v) is 25.3. The third kappa shape index (κ3) is 3.55. The number of fused-ring (bicyclic) bond motifs is 12. The van der Waals surface area contributed by atoms with Crippen LogP contribution in [-0.4, -0.2) is 4.57 Å². The largest absolute Gasteiger partial charge is 0.456 e. The highest BCUT2D eigenvalue weighted by atomic mass is 32.1. The van der Waals surface area contributed by atoms with Crippen LogP contribution in [0.1, 0.15) is 12.3 Å². The number of rotatable bonds is 2. The summed E-state index contributed by atoms with van der Waals surface area (Å²) >= 11 is 1.77. The summed E-state index contributed by atoms with van der Waals surface area (Å²) in [6, 6.07) is 29.3. The molecule has 0 aliphatic carbocycles. The lowest BCUT2D eigenvalue weighted by molar-refractivity contribution is 0.669. The first-order valence-corrected chi connectivity index (χ1v) is 16.1. The molecule has 0 N–H and O–H groups in total. The summed E-state index contributed by atoms with van der Waals surface area (Å²) in [5.41, 5.74) is 3.15. The fraction of sp³-hybridized carbons (Fsp3) is 0. The van der Waals surface area contributed by atoms with E-state index in [1.807, 2.05) is 42.5 Å². The number of thiophene rings is 1. The lowest BCUT2D eigenvalue weighted by Crippen LogP contribution is -1.95. The topological polar surface area (TPSA) is 18.1 Å². The van der Waals surface area contributed by atoms with Gasteiger partial charge in [0.25, 0.3) is 0 Å². The van der Waals surface area contributed by atoms with Gasteiger partial charge in [0, 0.05) is 47.4 Å². The molecule has 3 heterocycles. The molecule has 11 aromatic rings. The van der Waals surface area contributed by atoms with E-state index in [0.29, 0.717) is 5.56 Å². The Kier molecular flexibility index (Phi) is 3.63. The van der Waals surface area contributed by atoms with E-state index in [0.717, 1.165) is 38.3 Å². The van der Waals surface area contributed by atoms with Crippen LogP contribution >= 0.6 is 11.3 Å². The van der Waals surface area contributed by atoms with Crippen molar-refractivity contribution in [1.82, 2.24) is 4.57 Å². The minimum Gasteiger partial charge on any atom is -0.456 e. The zero-order chi connectivity index (χ0) is 38.5. The van der Waals surface area contributed by atoms with Gasteiger partial charge < -0.3 is 8.98 Å². The van der Waals surface area contributed by atoms with Crippen molar-refractivity contribution in [3.63, 3.8) is 0 Å². The minimum absolute atomic E-state index is 0.00232. The van der Waals surface area contributed by atoms with E-state index in [2.05, 4.69) is 59.2 Å². The van der Waals surface area contributed by atoms with Gasteiger partial charge in [0.15, 0.2) is 0 Å². The number of furan rings is 1. The Morgan fingerprint density at radius 2 is 1.32 bits per heavy atom. The second-order valence-corrected chi connectivity index (χ2v) is 12.8. The minimum atomic E-state index is -0.537. The molecule has 0 aliphatic heterocycles. The van der Waals surface area contributed by atoms with Gasteiger partial charge in [0.2, 0.25) is 0 Å². The standard InChI is InChI=1S/C44H25NOS/c1-2-10-27-24-41-37(22-26(27)9-1)36-23-29(17-20-40(36)46-41)35-25-30(21-28-11-3-4-12-31(28)35)45-38-15-7-5-14-34(38)43-39(45)19-18-33-32-13-6-8-16-42(32)47-44(33)43/h1-25H/i1D,2D,9D,10D,17D,20D,22D,23D,24D. The molecule has 3 heteroatoms. The van der Waals surface area contributed by atoms with Crippen molar-refractivity contribution in [3.8, 4) is 16.8 Å². The Bertz CT molecular complexity index is 3600. The average Bonchev–Trinajstić information content (AvgIpc) is 3.90. The Hall–Kier alpha value is -5.90. The van der Waals surface area contributed by atoms with Crippen LogP contribution in [0.25, 0.3) is 102 Å². The molecule has 8 aromatic carbocycles. The van der Waals surface area contributed by atoms with Crippen molar-refractivity contribution in [2.24, 2.45) is 0 Å². The van der Waals surface area contributed by atoms with Gasteiger partial charge in [-0.05, 0) is 87.2 Å². The molecule has 0 amide bonds. The third-order valence-electron chi connectivity index (χ3n) is 9.19. The zero-order valence-electron chi connectivity index (χ0n) is 33.5. The van der Waals surface area contributed by atoms with Crippen molar-refractivity contribution < 1.29 is 16.8 Å². The van der Waals surface area contributed by atoms with E-state index in [1.165, 1.54) is 20.2 Å². The molecule has 47 heavy (non-hydrogen) atoms. The third-order valence-corrected chi connectivity index (χ3v) is 10.4. The molecule has 0 saturated carbocycles. The van der Waals surface area contributed by atoms with Gasteiger partial charge >= 0.3 is 0 Å². The molecular formula is C44H25NOS. The van der Waals surface area contributed by atoms with E-state index in [1.54, 1.807) is 11.3 Å². The van der Waals surface area contributed by atoms with E-state index in [4.69, 9.17) is 11.3 Å². The molecule has 0 saturated heterocycles. The van der Waals surface area contributed by atoms with E-state index >= 15 is 0 Å². The summed E-state index contributed by atoms with van der Waals surface area (Å²) in [6.07, 6.45) is 0. The Morgan fingerprint density at radius 3 is 2.23 bits per heavy atom. The number of benzene rings is 8. The van der Waals surface area contributed by atoms with Crippen LogP contribution in [0.15, 0.2) is 156 Å². The summed E-state index contributed by atoms with van der Waals surface area (Å²) in [5, 5.41) is 5.94. The number of nitrogens with zero attached hydrogens (tertiary/aromatic N) is 1. The maximum absolute atomic E-state index is 9.72. The highest BCUT2D eigenvalue weighted by Gasteiger charge is 2.19. The van der Waals surface area contributed by atoms with Crippen molar-refractivity contribution in [2.75, 3.05) is 0 Å². The molecule has 3 aromatic heterocycles. The number of para-hydroxylation sites is 1. The van der Waals surface area contributed by atoms with E-state index < -0.39 is 24.2 Å². The monoisotopic (exact) mass is 624 g/mol. The van der Waals surface area contributed by atoms with Gasteiger partial charge in [0.1, 0.15) is 11.2 Å². The van der Waals surface area contributed by atoms with Gasteiger partial charge in [-0.1, -0.05) is 96.9 Å². The van der Waals surface area contributed by atoms with Crippen LogP contribution in [-0.2, 0) is 0 Å². The smallest absolute Gasteiger partial charge is 0.136 e. The summed E-state index contributed by atoms with van der Waals surface area (Å²) in [4.78, 5) is 0. The van der Waals surface area contributed by atoms with Crippen molar-refractivity contribution >= 4 is 96.8 Å². The molecule has 0 bridgehead atoms. The Morgan fingerprint density at radius 1 is 0.553 bits per heavy atom. The highest BCUT2D eigenvalue weighted by molar-refractivity contribution is 7.26. The van der Waals surface area contributed by atoms with Crippen LogP contribution in [0, 0.1) is 0 Å². The first-order chi connectivity index (χ1) is 27.1. The van der Waals surface area contributed by atoms with Crippen molar-refractivity contribution in [1.29, 1.82) is 0 Å². The SMILES string of the molecule is [2H]c1c(-c2cc(-n3c4ccccc4c4c5sc6ccccc6c5ccc43)cc3ccccc23)c([2H])c2c(oc3c([2H])c4c([2H])c([2H])c([2H])c([2H])c4c([2H])c32)c1[2H]. The predicted molar refractivity (Wildman–Crippen MR) is 201 cm³/mol. The predicted octanol–water partition coefficient (Wildman–Crippen LogP) is 13.0. The van der Waals surface area contributed by atoms with Gasteiger partial charge in [-0.15, -0.1) is 11.3 Å². The van der Waals surface area contributed by atoms with Gasteiger partial charge in [-0.2, -0.15) is 0 Å². The Labute approximate surface area is 285 Å². The fourth-order valence-corrected chi connectivity index (χ4v) is 8.40. The van der Waals surface area contributed by atoms with Gasteiger partial charge in [-0.25, -0.2) is 0 Å². The molecular weight excluding hydrogens is 591 g/mol. The quantitative estimate of drug-likeness (QED) is 0.187. The number of aromatic nitrogens is 1. The molecule has 0 unspecified atom stereocenters. The molecule has 11 rings (SSSR count). The van der Waals surface area contributed by atoms with Crippen molar-refractivity contribution in [2.45, 2.75) is 0 Å². The molecule has 2 nitrogen and oxygen atoms in total. The maximum atomic E-state index is 9.72. The summed E-state index contributed by atoms with van der Waals surface area (Å²) in [5.74, 6) is 0. The first-order valence-electron chi connectivity index (χ1n) is 19.8.